The fourth-order valence-electron chi connectivity index (χ4n) is 2.40. The smallest absolute Gasteiger partial charge is 0.263 e. The van der Waals surface area contributed by atoms with Crippen LogP contribution in [0.5, 0.6) is 0 Å². The Morgan fingerprint density at radius 3 is 2.76 bits per heavy atom. The Labute approximate surface area is 133 Å². The Hall–Kier alpha value is -1.37. The van der Waals surface area contributed by atoms with Gasteiger partial charge in [-0.15, -0.1) is 0 Å². The van der Waals surface area contributed by atoms with Crippen LogP contribution >= 0.6 is 24.0 Å². The molecule has 0 spiro atoms. The van der Waals surface area contributed by atoms with Crippen molar-refractivity contribution in [3.63, 3.8) is 0 Å². The Kier molecular flexibility index (Phi) is 4.28. The van der Waals surface area contributed by atoms with E-state index in [1.54, 1.807) is 0 Å². The lowest BCUT2D eigenvalue weighted by molar-refractivity contribution is -0.115. The maximum atomic E-state index is 11.7. The molecule has 0 aromatic heterocycles. The molecule has 0 atom stereocenters. The molecule has 1 N–H and O–H groups in total. The highest BCUT2D eigenvalue weighted by atomic mass is 32.2. The van der Waals surface area contributed by atoms with Crippen LogP contribution in [0.3, 0.4) is 0 Å². The van der Waals surface area contributed by atoms with Crippen molar-refractivity contribution in [2.45, 2.75) is 6.92 Å². The summed E-state index contributed by atoms with van der Waals surface area (Å²) in [4.78, 5) is 14.7. The largest absolute Gasteiger partial charge is 0.378 e. The number of rotatable bonds is 2. The first-order valence-corrected chi connectivity index (χ1v) is 8.04. The fraction of sp³-hybridized carbons (Fsp3) is 0.333. The number of ether oxygens (including phenoxy) is 1. The van der Waals surface area contributed by atoms with Crippen molar-refractivity contribution in [1.82, 2.24) is 5.32 Å². The zero-order chi connectivity index (χ0) is 14.8. The summed E-state index contributed by atoms with van der Waals surface area (Å²) in [7, 11) is 0. The molecular formula is C15H16N2O2S2. The molecule has 2 heterocycles. The monoisotopic (exact) mass is 320 g/mol. The van der Waals surface area contributed by atoms with E-state index in [0.29, 0.717) is 9.23 Å². The minimum Gasteiger partial charge on any atom is -0.378 e. The van der Waals surface area contributed by atoms with Crippen LogP contribution in [0.2, 0.25) is 0 Å². The van der Waals surface area contributed by atoms with Crippen molar-refractivity contribution in [3.8, 4) is 0 Å². The summed E-state index contributed by atoms with van der Waals surface area (Å²) in [5.41, 5.74) is 3.41. The van der Waals surface area contributed by atoms with Crippen molar-refractivity contribution in [2.75, 3.05) is 31.2 Å². The van der Waals surface area contributed by atoms with Gasteiger partial charge < -0.3 is 15.0 Å². The number of carbonyl (C=O) groups is 1. The third-order valence-electron chi connectivity index (χ3n) is 3.56. The molecule has 1 amide bonds. The Bertz CT molecular complexity index is 622. The molecule has 2 fully saturated rings. The van der Waals surface area contributed by atoms with Gasteiger partial charge in [-0.2, -0.15) is 0 Å². The SMILES string of the molecule is Cc1cc(N2CCOCC2)ccc1C=C1SC(=S)NC1=O. The van der Waals surface area contributed by atoms with Crippen LogP contribution in [-0.2, 0) is 9.53 Å². The van der Waals surface area contributed by atoms with E-state index in [2.05, 4.69) is 35.3 Å². The summed E-state index contributed by atoms with van der Waals surface area (Å²) in [5, 5.41) is 2.63. The predicted octanol–water partition coefficient (Wildman–Crippen LogP) is 2.32. The van der Waals surface area contributed by atoms with Gasteiger partial charge in [-0.05, 0) is 36.3 Å². The van der Waals surface area contributed by atoms with Crippen molar-refractivity contribution >= 4 is 46.0 Å². The first-order valence-electron chi connectivity index (χ1n) is 6.82. The Morgan fingerprint density at radius 1 is 1.38 bits per heavy atom. The lowest BCUT2D eigenvalue weighted by atomic mass is 10.1. The van der Waals surface area contributed by atoms with Gasteiger partial charge in [0.15, 0.2) is 0 Å². The molecule has 0 unspecified atom stereocenters. The second-order valence-electron chi connectivity index (χ2n) is 4.99. The van der Waals surface area contributed by atoms with E-state index in [1.807, 2.05) is 6.08 Å². The third kappa shape index (κ3) is 3.28. The molecule has 1 aromatic carbocycles. The highest BCUT2D eigenvalue weighted by Crippen LogP contribution is 2.28. The topological polar surface area (TPSA) is 41.6 Å². The van der Waals surface area contributed by atoms with E-state index in [9.17, 15) is 4.79 Å². The molecule has 0 saturated carbocycles. The molecule has 110 valence electrons. The molecular weight excluding hydrogens is 304 g/mol. The van der Waals surface area contributed by atoms with Gasteiger partial charge in [0.25, 0.3) is 5.91 Å². The first kappa shape index (κ1) is 14.6. The number of thiocarbonyl (C=S) groups is 1. The van der Waals surface area contributed by atoms with Gasteiger partial charge in [-0.25, -0.2) is 0 Å². The third-order valence-corrected chi connectivity index (χ3v) is 4.72. The van der Waals surface area contributed by atoms with Gasteiger partial charge in [-0.1, -0.05) is 30.0 Å². The van der Waals surface area contributed by atoms with Crippen LogP contribution < -0.4 is 10.2 Å². The summed E-state index contributed by atoms with van der Waals surface area (Å²) in [6.45, 7) is 5.46. The van der Waals surface area contributed by atoms with E-state index < -0.39 is 0 Å². The van der Waals surface area contributed by atoms with Crippen LogP contribution in [0.15, 0.2) is 23.1 Å². The maximum absolute atomic E-state index is 11.7. The van der Waals surface area contributed by atoms with E-state index >= 15 is 0 Å². The highest BCUT2D eigenvalue weighted by molar-refractivity contribution is 8.26. The average Bonchev–Trinajstić information content (AvgIpc) is 2.80. The van der Waals surface area contributed by atoms with E-state index in [-0.39, 0.29) is 5.91 Å². The van der Waals surface area contributed by atoms with Gasteiger partial charge in [0.1, 0.15) is 4.32 Å². The van der Waals surface area contributed by atoms with Crippen LogP contribution in [0.4, 0.5) is 5.69 Å². The predicted molar refractivity (Wildman–Crippen MR) is 90.5 cm³/mol. The number of morpholine rings is 1. The maximum Gasteiger partial charge on any atom is 0.263 e. The van der Waals surface area contributed by atoms with Gasteiger partial charge >= 0.3 is 0 Å². The molecule has 0 aliphatic carbocycles. The number of nitrogens with zero attached hydrogens (tertiary/aromatic N) is 1. The fourth-order valence-corrected chi connectivity index (χ4v) is 3.44. The molecule has 4 nitrogen and oxygen atoms in total. The molecule has 0 radical (unpaired) electrons. The van der Waals surface area contributed by atoms with E-state index in [4.69, 9.17) is 17.0 Å². The van der Waals surface area contributed by atoms with Crippen molar-refractivity contribution < 1.29 is 9.53 Å². The summed E-state index contributed by atoms with van der Waals surface area (Å²) in [6.07, 6.45) is 1.90. The number of carbonyl (C=O) groups excluding carboxylic acids is 1. The number of nitrogens with one attached hydrogen (secondary N) is 1. The Balaban J connectivity index is 1.83. The van der Waals surface area contributed by atoms with E-state index in [1.165, 1.54) is 17.4 Å². The molecule has 2 saturated heterocycles. The Morgan fingerprint density at radius 2 is 2.14 bits per heavy atom. The van der Waals surface area contributed by atoms with Crippen molar-refractivity contribution in [2.24, 2.45) is 0 Å². The van der Waals surface area contributed by atoms with Crippen LogP contribution in [0, 0.1) is 6.92 Å². The number of anilines is 1. The number of benzene rings is 1. The quantitative estimate of drug-likeness (QED) is 0.669. The molecule has 21 heavy (non-hydrogen) atoms. The lowest BCUT2D eigenvalue weighted by Crippen LogP contribution is -2.36. The van der Waals surface area contributed by atoms with Crippen LogP contribution in [-0.4, -0.2) is 36.5 Å². The number of aryl methyl sites for hydroxylation is 1. The van der Waals surface area contributed by atoms with Crippen LogP contribution in [0.25, 0.3) is 6.08 Å². The van der Waals surface area contributed by atoms with Crippen LogP contribution in [0.1, 0.15) is 11.1 Å². The summed E-state index contributed by atoms with van der Waals surface area (Å²) in [6, 6.07) is 6.32. The number of thioether (sulfide) groups is 1. The average molecular weight is 320 g/mol. The highest BCUT2D eigenvalue weighted by Gasteiger charge is 2.22. The molecule has 2 aliphatic rings. The lowest BCUT2D eigenvalue weighted by Gasteiger charge is -2.29. The first-order chi connectivity index (χ1) is 10.1. The number of hydrogen-bond acceptors (Lipinski definition) is 5. The normalized spacial score (nSPS) is 21.0. The zero-order valence-electron chi connectivity index (χ0n) is 11.7. The van der Waals surface area contributed by atoms with Gasteiger partial charge in [0, 0.05) is 18.8 Å². The zero-order valence-corrected chi connectivity index (χ0v) is 13.4. The number of hydrogen-bond donors (Lipinski definition) is 1. The molecule has 0 bridgehead atoms. The van der Waals surface area contributed by atoms with E-state index in [0.717, 1.165) is 37.4 Å². The van der Waals surface area contributed by atoms with Crippen molar-refractivity contribution in [3.05, 3.63) is 34.2 Å². The summed E-state index contributed by atoms with van der Waals surface area (Å²) < 4.78 is 5.90. The minimum atomic E-state index is -0.110. The molecule has 1 aromatic rings. The van der Waals surface area contributed by atoms with Gasteiger partial charge in [0.2, 0.25) is 0 Å². The molecule has 6 heteroatoms. The molecule has 2 aliphatic heterocycles. The number of amides is 1. The van der Waals surface area contributed by atoms with Gasteiger partial charge in [0.05, 0.1) is 18.1 Å². The van der Waals surface area contributed by atoms with Crippen molar-refractivity contribution in [1.29, 1.82) is 0 Å². The van der Waals surface area contributed by atoms with Gasteiger partial charge in [-0.3, -0.25) is 4.79 Å². The summed E-state index contributed by atoms with van der Waals surface area (Å²) >= 11 is 6.31. The molecule has 3 rings (SSSR count). The standard InChI is InChI=1S/C15H16N2O2S2/c1-10-8-12(17-4-6-19-7-5-17)3-2-11(10)9-13-14(18)16-15(20)21-13/h2-3,8-9H,4-7H2,1H3,(H,16,18,20). The second-order valence-corrected chi connectivity index (χ2v) is 6.71. The minimum absolute atomic E-state index is 0.110. The summed E-state index contributed by atoms with van der Waals surface area (Å²) in [5.74, 6) is -0.110. The second kappa shape index (κ2) is 6.17.